The zero-order valence-electron chi connectivity index (χ0n) is 8.80. The van der Waals surface area contributed by atoms with Crippen molar-refractivity contribution in [2.24, 2.45) is 0 Å². The Morgan fingerprint density at radius 2 is 1.00 bits per heavy atom. The molecule has 0 atom stereocenters. The molecule has 0 unspecified atom stereocenters. The van der Waals surface area contributed by atoms with Gasteiger partial charge in [-0.05, 0) is 12.8 Å². The molecule has 15 heavy (non-hydrogen) atoms. The van der Waals surface area contributed by atoms with Crippen molar-refractivity contribution in [2.75, 3.05) is 11.5 Å². The van der Waals surface area contributed by atoms with Crippen molar-refractivity contribution in [3.63, 3.8) is 0 Å². The molecule has 9 heteroatoms. The molecular formula is C6H14MgO6S2. The average molecular weight is 271 g/mol. The van der Waals surface area contributed by atoms with Crippen LogP contribution in [0.25, 0.3) is 0 Å². The van der Waals surface area contributed by atoms with Gasteiger partial charge >= 0.3 is 23.1 Å². The van der Waals surface area contributed by atoms with Gasteiger partial charge in [-0.1, -0.05) is 13.8 Å². The molecule has 0 heterocycles. The van der Waals surface area contributed by atoms with Gasteiger partial charge in [-0.2, -0.15) is 0 Å². The van der Waals surface area contributed by atoms with E-state index in [4.69, 9.17) is 0 Å². The Labute approximate surface area is 107 Å². The molecular weight excluding hydrogens is 256 g/mol. The second-order valence-electron chi connectivity index (χ2n) is 2.52. The molecule has 0 rings (SSSR count). The molecule has 0 fully saturated rings. The van der Waals surface area contributed by atoms with Gasteiger partial charge in [-0.3, -0.25) is 0 Å². The molecule has 0 saturated heterocycles. The Kier molecular flexibility index (Phi) is 13.7. The summed E-state index contributed by atoms with van der Waals surface area (Å²) in [6.45, 7) is 3.30. The number of rotatable bonds is 4. The van der Waals surface area contributed by atoms with Crippen LogP contribution in [0, 0.1) is 0 Å². The maximum atomic E-state index is 9.68. The third-order valence-corrected chi connectivity index (χ3v) is 2.72. The van der Waals surface area contributed by atoms with Gasteiger partial charge in [0.15, 0.2) is 0 Å². The minimum Gasteiger partial charge on any atom is -0.748 e. The van der Waals surface area contributed by atoms with E-state index in [1.807, 2.05) is 0 Å². The second-order valence-corrected chi connectivity index (χ2v) is 5.57. The summed E-state index contributed by atoms with van der Waals surface area (Å²) < 4.78 is 58.1. The minimum absolute atomic E-state index is 0. The summed E-state index contributed by atoms with van der Waals surface area (Å²) in [4.78, 5) is 0. The zero-order valence-corrected chi connectivity index (χ0v) is 11.8. The van der Waals surface area contributed by atoms with Crippen LogP contribution >= 0.6 is 0 Å². The number of hydrogen-bond acceptors (Lipinski definition) is 6. The molecule has 0 aliphatic carbocycles. The van der Waals surface area contributed by atoms with E-state index in [2.05, 4.69) is 0 Å². The van der Waals surface area contributed by atoms with Crippen LogP contribution in [0.4, 0.5) is 0 Å². The van der Waals surface area contributed by atoms with Crippen LogP contribution in [0.15, 0.2) is 0 Å². The van der Waals surface area contributed by atoms with Gasteiger partial charge in [0.2, 0.25) is 0 Å². The molecule has 0 radical (unpaired) electrons. The molecule has 6 nitrogen and oxygen atoms in total. The van der Waals surface area contributed by atoms with Crippen LogP contribution in [0.5, 0.6) is 0 Å². The van der Waals surface area contributed by atoms with Gasteiger partial charge in [0.25, 0.3) is 0 Å². The van der Waals surface area contributed by atoms with E-state index >= 15 is 0 Å². The second kappa shape index (κ2) is 9.79. The third kappa shape index (κ3) is 31.3. The van der Waals surface area contributed by atoms with Crippen LogP contribution in [0.3, 0.4) is 0 Å². The molecule has 88 valence electrons. The summed E-state index contributed by atoms with van der Waals surface area (Å²) in [7, 11) is -7.85. The summed E-state index contributed by atoms with van der Waals surface area (Å²) in [6, 6.07) is 0. The van der Waals surface area contributed by atoms with Crippen LogP contribution < -0.4 is 0 Å². The van der Waals surface area contributed by atoms with E-state index in [0.29, 0.717) is 12.8 Å². The van der Waals surface area contributed by atoms with Gasteiger partial charge in [0.05, 0.1) is 20.2 Å². The molecule has 0 amide bonds. The Bertz CT molecular complexity index is 286. The van der Waals surface area contributed by atoms with E-state index in [1.54, 1.807) is 13.8 Å². The van der Waals surface area contributed by atoms with Crippen LogP contribution in [-0.2, 0) is 20.2 Å². The van der Waals surface area contributed by atoms with Crippen LogP contribution in [-0.4, -0.2) is 60.5 Å². The fourth-order valence-electron chi connectivity index (χ4n) is 0.500. The van der Waals surface area contributed by atoms with Crippen molar-refractivity contribution in [2.45, 2.75) is 26.7 Å². The van der Waals surface area contributed by atoms with Crippen molar-refractivity contribution < 1.29 is 25.9 Å². The minimum atomic E-state index is -3.92. The largest absolute Gasteiger partial charge is 2.00 e. The molecule has 0 aromatic rings. The Morgan fingerprint density at radius 1 is 0.800 bits per heavy atom. The van der Waals surface area contributed by atoms with E-state index in [9.17, 15) is 25.9 Å². The topological polar surface area (TPSA) is 114 Å². The molecule has 0 saturated carbocycles. The van der Waals surface area contributed by atoms with Gasteiger partial charge in [0.1, 0.15) is 0 Å². The summed E-state index contributed by atoms with van der Waals surface area (Å²) >= 11 is 0. The van der Waals surface area contributed by atoms with Gasteiger partial charge in [-0.15, -0.1) is 0 Å². The Hall–Kier alpha value is 0.586. The zero-order chi connectivity index (χ0) is 11.8. The first-order chi connectivity index (χ1) is 6.12. The van der Waals surface area contributed by atoms with Gasteiger partial charge in [-0.25, -0.2) is 16.8 Å². The standard InChI is InChI=1S/2C3H8O3S.Mg/c2*1-2-3-7(4,5)6;/h2*2-3H2,1H3,(H,4,5,6);/q;;+2/p-2. The predicted molar refractivity (Wildman–Crippen MR) is 55.5 cm³/mol. The maximum absolute atomic E-state index is 9.68. The summed E-state index contributed by atoms with van der Waals surface area (Å²) in [5.74, 6) is -0.486. The summed E-state index contributed by atoms with van der Waals surface area (Å²) in [6.07, 6.45) is 0.817. The van der Waals surface area contributed by atoms with Crippen LogP contribution in [0.1, 0.15) is 26.7 Å². The Morgan fingerprint density at radius 3 is 1.00 bits per heavy atom. The molecule has 0 aliphatic rings. The normalized spacial score (nSPS) is 10.9. The smallest absolute Gasteiger partial charge is 0.748 e. The fourth-order valence-corrected chi connectivity index (χ4v) is 1.50. The fraction of sp³-hybridized carbons (Fsp3) is 1.00. The van der Waals surface area contributed by atoms with E-state index in [-0.39, 0.29) is 34.6 Å². The summed E-state index contributed by atoms with van der Waals surface area (Å²) in [5.41, 5.74) is 0. The third-order valence-electron chi connectivity index (χ3n) is 0.908. The monoisotopic (exact) mass is 270 g/mol. The Balaban J connectivity index is -0.000000180. The average Bonchev–Trinajstić information content (AvgIpc) is 1.81. The molecule has 0 aromatic heterocycles. The first kappa shape index (κ1) is 20.9. The van der Waals surface area contributed by atoms with Gasteiger partial charge in [0, 0.05) is 11.5 Å². The molecule has 0 aromatic carbocycles. The van der Waals surface area contributed by atoms with Crippen molar-refractivity contribution in [1.29, 1.82) is 0 Å². The van der Waals surface area contributed by atoms with Gasteiger partial charge < -0.3 is 9.11 Å². The molecule has 0 spiro atoms. The SMILES string of the molecule is CCCS(=O)(=O)[O-].CCCS(=O)(=O)[O-].[Mg+2]. The predicted octanol–water partition coefficient (Wildman–Crippen LogP) is -0.498. The molecule has 0 N–H and O–H groups in total. The first-order valence-electron chi connectivity index (χ1n) is 3.99. The van der Waals surface area contributed by atoms with E-state index in [1.165, 1.54) is 0 Å². The van der Waals surface area contributed by atoms with Crippen molar-refractivity contribution in [3.05, 3.63) is 0 Å². The quantitative estimate of drug-likeness (QED) is 0.502. The maximum Gasteiger partial charge on any atom is 2.00 e. The van der Waals surface area contributed by atoms with Crippen molar-refractivity contribution >= 4 is 43.3 Å². The number of hydrogen-bond donors (Lipinski definition) is 0. The summed E-state index contributed by atoms with van der Waals surface area (Å²) in [5, 5.41) is 0. The van der Waals surface area contributed by atoms with Crippen molar-refractivity contribution in [3.8, 4) is 0 Å². The van der Waals surface area contributed by atoms with Crippen LogP contribution in [0.2, 0.25) is 0 Å². The molecule has 0 aliphatic heterocycles. The molecule has 0 bridgehead atoms. The van der Waals surface area contributed by atoms with E-state index in [0.717, 1.165) is 0 Å². The van der Waals surface area contributed by atoms with E-state index < -0.39 is 20.2 Å². The van der Waals surface area contributed by atoms with Crippen molar-refractivity contribution in [1.82, 2.24) is 0 Å². The first-order valence-corrected chi connectivity index (χ1v) is 7.15.